The van der Waals surface area contributed by atoms with Crippen molar-refractivity contribution in [3.63, 3.8) is 0 Å². The molecule has 1 fully saturated rings. The third-order valence-electron chi connectivity index (χ3n) is 7.96. The Morgan fingerprint density at radius 1 is 0.800 bits per heavy atom. The second-order valence-electron chi connectivity index (χ2n) is 11.1. The zero-order chi connectivity index (χ0) is 31.8. The molecule has 0 saturated heterocycles. The van der Waals surface area contributed by atoms with Crippen LogP contribution in [-0.2, 0) is 32.6 Å². The normalized spacial score (nSPS) is 14.1. The van der Waals surface area contributed by atoms with Crippen molar-refractivity contribution >= 4 is 50.7 Å². The first kappa shape index (κ1) is 32.5. The Balaban J connectivity index is 1.57. The lowest BCUT2D eigenvalue weighted by Crippen LogP contribution is -2.54. The van der Waals surface area contributed by atoms with Gasteiger partial charge in [0.05, 0.1) is 15.6 Å². The van der Waals surface area contributed by atoms with Crippen LogP contribution in [0.4, 0.5) is 5.69 Å². The Morgan fingerprint density at radius 3 is 2.00 bits per heavy atom. The number of carbonyl (C=O) groups is 2. The number of hydrogen-bond acceptors (Lipinski definition) is 4. The predicted octanol–water partition coefficient (Wildman–Crippen LogP) is 6.89. The maximum Gasteiger partial charge on any atom is 0.264 e. The summed E-state index contributed by atoms with van der Waals surface area (Å²) in [6.45, 7) is -0.510. The van der Waals surface area contributed by atoms with Crippen LogP contribution in [0.25, 0.3) is 0 Å². The molecule has 10 heteroatoms. The number of sulfonamides is 1. The average molecular weight is 665 g/mol. The molecular weight excluding hydrogens is 629 g/mol. The molecule has 7 nitrogen and oxygen atoms in total. The molecule has 1 aliphatic rings. The molecule has 0 aromatic heterocycles. The molecule has 0 spiro atoms. The summed E-state index contributed by atoms with van der Waals surface area (Å²) in [4.78, 5) is 30.1. The number of nitrogens with one attached hydrogen (secondary N) is 1. The van der Waals surface area contributed by atoms with Gasteiger partial charge in [0, 0.05) is 24.0 Å². The molecule has 1 atom stereocenters. The highest BCUT2D eigenvalue weighted by Crippen LogP contribution is 2.33. The molecule has 1 saturated carbocycles. The van der Waals surface area contributed by atoms with Gasteiger partial charge in [-0.25, -0.2) is 8.42 Å². The van der Waals surface area contributed by atoms with Gasteiger partial charge < -0.3 is 10.2 Å². The highest BCUT2D eigenvalue weighted by atomic mass is 35.5. The second kappa shape index (κ2) is 15.0. The molecule has 45 heavy (non-hydrogen) atoms. The average Bonchev–Trinajstić information content (AvgIpc) is 3.57. The lowest BCUT2D eigenvalue weighted by molar-refractivity contribution is -0.140. The topological polar surface area (TPSA) is 86.8 Å². The van der Waals surface area contributed by atoms with Crippen LogP contribution < -0.4 is 9.62 Å². The first-order valence-corrected chi connectivity index (χ1v) is 17.1. The molecule has 0 aliphatic heterocycles. The summed E-state index contributed by atoms with van der Waals surface area (Å²) in [5.41, 5.74) is 1.74. The summed E-state index contributed by atoms with van der Waals surface area (Å²) in [7, 11) is -4.28. The fourth-order valence-electron chi connectivity index (χ4n) is 5.61. The van der Waals surface area contributed by atoms with Crippen LogP contribution >= 0.6 is 23.2 Å². The maximum absolute atomic E-state index is 14.5. The molecular formula is C35H35Cl2N3O4S. The van der Waals surface area contributed by atoms with Gasteiger partial charge in [-0.2, -0.15) is 0 Å². The fourth-order valence-corrected chi connectivity index (χ4v) is 7.49. The van der Waals surface area contributed by atoms with Crippen LogP contribution in [0.5, 0.6) is 0 Å². The van der Waals surface area contributed by atoms with E-state index in [2.05, 4.69) is 5.32 Å². The molecule has 1 N–H and O–H groups in total. The van der Waals surface area contributed by atoms with Crippen molar-refractivity contribution in [3.8, 4) is 0 Å². The van der Waals surface area contributed by atoms with E-state index in [0.717, 1.165) is 41.1 Å². The highest BCUT2D eigenvalue weighted by molar-refractivity contribution is 7.92. The van der Waals surface area contributed by atoms with Gasteiger partial charge in [-0.15, -0.1) is 0 Å². The van der Waals surface area contributed by atoms with E-state index in [-0.39, 0.29) is 45.5 Å². The summed E-state index contributed by atoms with van der Waals surface area (Å²) < 4.78 is 29.2. The number of halogens is 2. The van der Waals surface area contributed by atoms with E-state index in [9.17, 15) is 18.0 Å². The zero-order valence-corrected chi connectivity index (χ0v) is 27.0. The van der Waals surface area contributed by atoms with Gasteiger partial charge in [0.1, 0.15) is 12.6 Å². The van der Waals surface area contributed by atoms with Crippen LogP contribution in [0.15, 0.2) is 114 Å². The van der Waals surface area contributed by atoms with Crippen molar-refractivity contribution in [1.82, 2.24) is 10.2 Å². The van der Waals surface area contributed by atoms with Gasteiger partial charge >= 0.3 is 0 Å². The molecule has 1 aliphatic carbocycles. The smallest absolute Gasteiger partial charge is 0.264 e. The van der Waals surface area contributed by atoms with Crippen molar-refractivity contribution < 1.29 is 18.0 Å². The van der Waals surface area contributed by atoms with Crippen molar-refractivity contribution in [2.24, 2.45) is 0 Å². The SMILES string of the molecule is O=C(NC1CCCC1)[C@H](Cc1ccccc1)N(Cc1ccccc1)C(=O)CN(c1cc(Cl)ccc1Cl)S(=O)(=O)c1ccccc1. The Kier molecular flexibility index (Phi) is 10.8. The van der Waals surface area contributed by atoms with Crippen molar-refractivity contribution in [2.75, 3.05) is 10.8 Å². The van der Waals surface area contributed by atoms with Gasteiger partial charge in [0.15, 0.2) is 0 Å². The third-order valence-corrected chi connectivity index (χ3v) is 10.3. The highest BCUT2D eigenvalue weighted by Gasteiger charge is 2.36. The van der Waals surface area contributed by atoms with Crippen LogP contribution in [0.2, 0.25) is 10.0 Å². The predicted molar refractivity (Wildman–Crippen MR) is 179 cm³/mol. The minimum atomic E-state index is -4.28. The number of anilines is 1. The first-order chi connectivity index (χ1) is 21.7. The number of hydrogen-bond donors (Lipinski definition) is 1. The van der Waals surface area contributed by atoms with Crippen molar-refractivity contribution in [2.45, 2.75) is 55.6 Å². The van der Waals surface area contributed by atoms with Gasteiger partial charge in [0.2, 0.25) is 11.8 Å². The number of carbonyl (C=O) groups excluding carboxylic acids is 2. The van der Waals surface area contributed by atoms with E-state index >= 15 is 0 Å². The van der Waals surface area contributed by atoms with Crippen LogP contribution in [0, 0.1) is 0 Å². The first-order valence-electron chi connectivity index (χ1n) is 14.9. The lowest BCUT2D eigenvalue weighted by atomic mass is 10.0. The third kappa shape index (κ3) is 8.25. The number of nitrogens with zero attached hydrogens (tertiary/aromatic N) is 2. The molecule has 0 unspecified atom stereocenters. The molecule has 4 aromatic carbocycles. The quantitative estimate of drug-likeness (QED) is 0.179. The van der Waals surface area contributed by atoms with Crippen molar-refractivity contribution in [1.29, 1.82) is 0 Å². The summed E-state index contributed by atoms with van der Waals surface area (Å²) in [5.74, 6) is -0.829. The Morgan fingerprint density at radius 2 is 1.38 bits per heavy atom. The summed E-state index contributed by atoms with van der Waals surface area (Å²) in [5, 5.41) is 3.55. The molecule has 4 aromatic rings. The standard InChI is InChI=1S/C35H35Cl2N3O4S/c36-28-20-21-31(37)32(23-28)40(45(43,44)30-18-8-3-9-19-30)25-34(41)39(24-27-14-6-2-7-15-27)33(22-26-12-4-1-5-13-26)35(42)38-29-16-10-11-17-29/h1-9,12-15,18-21,23,29,33H,10-11,16-17,22,24-25H2,(H,38,42)/t33-/m0/s1. The number of amides is 2. The Hall–Kier alpha value is -3.85. The molecule has 0 radical (unpaired) electrons. The van der Waals surface area contributed by atoms with Crippen LogP contribution in [0.1, 0.15) is 36.8 Å². The minimum absolute atomic E-state index is 0.0109. The molecule has 0 bridgehead atoms. The van der Waals surface area contributed by atoms with E-state index in [1.807, 2.05) is 60.7 Å². The maximum atomic E-state index is 14.5. The fraction of sp³-hybridized carbons (Fsp3) is 0.257. The summed E-state index contributed by atoms with van der Waals surface area (Å²) >= 11 is 12.8. The zero-order valence-electron chi connectivity index (χ0n) is 24.7. The number of rotatable bonds is 12. The summed E-state index contributed by atoms with van der Waals surface area (Å²) in [6.07, 6.45) is 4.09. The van der Waals surface area contributed by atoms with Crippen molar-refractivity contribution in [3.05, 3.63) is 130 Å². The van der Waals surface area contributed by atoms with Crippen LogP contribution in [-0.4, -0.2) is 43.8 Å². The van der Waals surface area contributed by atoms with Crippen LogP contribution in [0.3, 0.4) is 0 Å². The van der Waals surface area contributed by atoms with E-state index in [1.54, 1.807) is 24.3 Å². The molecule has 0 heterocycles. The second-order valence-corrected chi connectivity index (χ2v) is 13.8. The van der Waals surface area contributed by atoms with E-state index in [0.29, 0.717) is 0 Å². The Labute approximate surface area is 274 Å². The van der Waals surface area contributed by atoms with Gasteiger partial charge in [-0.05, 0) is 54.3 Å². The molecule has 234 valence electrons. The van der Waals surface area contributed by atoms with Gasteiger partial charge in [-0.3, -0.25) is 13.9 Å². The summed E-state index contributed by atoms with van der Waals surface area (Å²) in [6, 6.07) is 30.3. The monoisotopic (exact) mass is 663 g/mol. The Bertz CT molecular complexity index is 1700. The number of benzene rings is 4. The minimum Gasteiger partial charge on any atom is -0.352 e. The van der Waals surface area contributed by atoms with E-state index in [1.165, 1.54) is 29.2 Å². The lowest BCUT2D eigenvalue weighted by Gasteiger charge is -2.34. The van der Waals surface area contributed by atoms with E-state index in [4.69, 9.17) is 23.2 Å². The van der Waals surface area contributed by atoms with Gasteiger partial charge in [0.25, 0.3) is 10.0 Å². The largest absolute Gasteiger partial charge is 0.352 e. The van der Waals surface area contributed by atoms with E-state index < -0.39 is 28.5 Å². The van der Waals surface area contributed by atoms with Gasteiger partial charge in [-0.1, -0.05) is 115 Å². The molecule has 5 rings (SSSR count). The molecule has 2 amide bonds.